The van der Waals surface area contributed by atoms with Gasteiger partial charge in [-0.1, -0.05) is 24.3 Å². The van der Waals surface area contributed by atoms with Crippen LogP contribution >= 0.6 is 0 Å². The molecule has 1 unspecified atom stereocenters. The Morgan fingerprint density at radius 2 is 1.81 bits per heavy atom. The zero-order valence-corrected chi connectivity index (χ0v) is 9.05. The highest BCUT2D eigenvalue weighted by molar-refractivity contribution is 5.92. The molecule has 0 fully saturated rings. The Bertz CT molecular complexity index is 492. The summed E-state index contributed by atoms with van der Waals surface area (Å²) in [4.78, 5) is 0. The number of aliphatic hydroxyl groups excluding tert-OH is 1. The van der Waals surface area contributed by atoms with Crippen LogP contribution in [0.25, 0.3) is 10.8 Å². The van der Waals surface area contributed by atoms with Crippen molar-refractivity contribution < 1.29 is 14.9 Å². The average molecular weight is 218 g/mol. The van der Waals surface area contributed by atoms with Crippen LogP contribution in [-0.2, 0) is 0 Å². The van der Waals surface area contributed by atoms with Gasteiger partial charge in [0.05, 0.1) is 6.10 Å². The smallest absolute Gasteiger partial charge is 0.127 e. The summed E-state index contributed by atoms with van der Waals surface area (Å²) in [5, 5.41) is 20.4. The van der Waals surface area contributed by atoms with Gasteiger partial charge in [0, 0.05) is 10.8 Å². The number of fused-ring (bicyclic) bond motifs is 1. The summed E-state index contributed by atoms with van der Waals surface area (Å²) in [6.45, 7) is 1.91. The summed E-state index contributed by atoms with van der Waals surface area (Å²) in [6.07, 6.45) is -0.507. The molecule has 0 aliphatic carbocycles. The summed E-state index contributed by atoms with van der Waals surface area (Å²) in [6, 6.07) is 10.8. The van der Waals surface area contributed by atoms with Crippen molar-refractivity contribution in [1.82, 2.24) is 0 Å². The molecule has 0 heterocycles. The lowest BCUT2D eigenvalue weighted by Crippen LogP contribution is -2.12. The molecule has 2 rings (SSSR count). The highest BCUT2D eigenvalue weighted by Crippen LogP contribution is 2.32. The lowest BCUT2D eigenvalue weighted by atomic mass is 10.1. The first-order valence-electron chi connectivity index (χ1n) is 5.20. The van der Waals surface area contributed by atoms with Crippen LogP contribution in [0.15, 0.2) is 36.4 Å². The normalized spacial score (nSPS) is 12.6. The van der Waals surface area contributed by atoms with Crippen LogP contribution in [0.1, 0.15) is 6.92 Å². The van der Waals surface area contributed by atoms with E-state index in [0.717, 1.165) is 10.8 Å². The predicted octanol–water partition coefficient (Wildman–Crippen LogP) is 2.30. The van der Waals surface area contributed by atoms with Gasteiger partial charge in [0.2, 0.25) is 0 Å². The Morgan fingerprint density at radius 1 is 1.12 bits per heavy atom. The van der Waals surface area contributed by atoms with Crippen LogP contribution in [-0.4, -0.2) is 22.9 Å². The third-order valence-corrected chi connectivity index (χ3v) is 2.34. The fourth-order valence-electron chi connectivity index (χ4n) is 1.59. The first-order valence-corrected chi connectivity index (χ1v) is 5.20. The van der Waals surface area contributed by atoms with Gasteiger partial charge in [-0.2, -0.15) is 0 Å². The molecule has 2 N–H and O–H groups in total. The Hall–Kier alpha value is -1.74. The van der Waals surface area contributed by atoms with Gasteiger partial charge in [0.1, 0.15) is 18.1 Å². The van der Waals surface area contributed by atoms with E-state index >= 15 is 0 Å². The maximum Gasteiger partial charge on any atom is 0.127 e. The second kappa shape index (κ2) is 4.41. The number of hydrogen-bond acceptors (Lipinski definition) is 3. The molecule has 2 aromatic rings. The van der Waals surface area contributed by atoms with Crippen LogP contribution in [0.5, 0.6) is 11.5 Å². The van der Waals surface area contributed by atoms with Crippen molar-refractivity contribution in [3.8, 4) is 11.5 Å². The Morgan fingerprint density at radius 3 is 2.50 bits per heavy atom. The van der Waals surface area contributed by atoms with Gasteiger partial charge in [-0.3, -0.25) is 0 Å². The van der Waals surface area contributed by atoms with Gasteiger partial charge >= 0.3 is 0 Å². The van der Waals surface area contributed by atoms with Crippen LogP contribution in [0, 0.1) is 0 Å². The summed E-state index contributed by atoms with van der Waals surface area (Å²) in [5.41, 5.74) is 0. The van der Waals surface area contributed by atoms with E-state index in [1.54, 1.807) is 19.1 Å². The minimum absolute atomic E-state index is 0.236. The third-order valence-electron chi connectivity index (χ3n) is 2.34. The van der Waals surface area contributed by atoms with Gasteiger partial charge in [0.15, 0.2) is 0 Å². The van der Waals surface area contributed by atoms with Gasteiger partial charge in [-0.25, -0.2) is 0 Å². The highest BCUT2D eigenvalue weighted by Gasteiger charge is 2.06. The molecule has 2 aromatic carbocycles. The fourth-order valence-corrected chi connectivity index (χ4v) is 1.59. The maximum absolute atomic E-state index is 9.67. The molecule has 0 radical (unpaired) electrons. The lowest BCUT2D eigenvalue weighted by molar-refractivity contribution is 0.123. The zero-order valence-electron chi connectivity index (χ0n) is 9.05. The minimum atomic E-state index is -0.507. The highest BCUT2D eigenvalue weighted by atomic mass is 16.5. The molecule has 0 bridgehead atoms. The number of phenols is 1. The second-order valence-electron chi connectivity index (χ2n) is 3.79. The van der Waals surface area contributed by atoms with Crippen molar-refractivity contribution in [2.45, 2.75) is 13.0 Å². The molecule has 0 amide bonds. The molecular formula is C13H14O3. The van der Waals surface area contributed by atoms with E-state index in [2.05, 4.69) is 0 Å². The van der Waals surface area contributed by atoms with Crippen molar-refractivity contribution in [3.63, 3.8) is 0 Å². The predicted molar refractivity (Wildman–Crippen MR) is 62.8 cm³/mol. The molecule has 0 saturated carbocycles. The monoisotopic (exact) mass is 218 g/mol. The lowest BCUT2D eigenvalue weighted by Gasteiger charge is -2.11. The Kier molecular flexibility index (Phi) is 2.97. The van der Waals surface area contributed by atoms with Gasteiger partial charge < -0.3 is 14.9 Å². The van der Waals surface area contributed by atoms with Gasteiger partial charge in [-0.15, -0.1) is 0 Å². The van der Waals surface area contributed by atoms with E-state index in [0.29, 0.717) is 5.75 Å². The number of aromatic hydroxyl groups is 1. The van der Waals surface area contributed by atoms with Crippen molar-refractivity contribution in [1.29, 1.82) is 0 Å². The summed E-state index contributed by atoms with van der Waals surface area (Å²) < 4.78 is 5.47. The molecule has 0 saturated heterocycles. The number of hydrogen-bond donors (Lipinski definition) is 2. The maximum atomic E-state index is 9.67. The molecule has 0 spiro atoms. The largest absolute Gasteiger partial charge is 0.507 e. The SMILES string of the molecule is CC(O)COc1ccc(O)c2ccccc12. The molecule has 16 heavy (non-hydrogen) atoms. The number of aliphatic hydroxyl groups is 1. The molecule has 0 aliphatic rings. The summed E-state index contributed by atoms with van der Waals surface area (Å²) in [5.74, 6) is 0.911. The standard InChI is InChI=1S/C13H14O3/c1-9(14)8-16-13-7-6-12(15)10-4-2-3-5-11(10)13/h2-7,9,14-15H,8H2,1H3. The van der Waals surface area contributed by atoms with Crippen molar-refractivity contribution in [2.24, 2.45) is 0 Å². The quantitative estimate of drug-likeness (QED) is 0.831. The fraction of sp³-hybridized carbons (Fsp3) is 0.231. The summed E-state index contributed by atoms with van der Waals surface area (Å²) in [7, 11) is 0. The zero-order chi connectivity index (χ0) is 11.5. The number of rotatable bonds is 3. The molecule has 0 aliphatic heterocycles. The van der Waals surface area contributed by atoms with Crippen LogP contribution in [0.3, 0.4) is 0 Å². The molecule has 3 heteroatoms. The van der Waals surface area contributed by atoms with Gasteiger partial charge in [-0.05, 0) is 19.1 Å². The molecule has 0 aromatic heterocycles. The Balaban J connectivity index is 2.42. The topological polar surface area (TPSA) is 49.7 Å². The first-order chi connectivity index (χ1) is 7.68. The van der Waals surface area contributed by atoms with Gasteiger partial charge in [0.25, 0.3) is 0 Å². The van der Waals surface area contributed by atoms with Crippen LogP contribution in [0.2, 0.25) is 0 Å². The number of phenolic OH excluding ortho intramolecular Hbond substituents is 1. The van der Waals surface area contributed by atoms with E-state index in [1.165, 1.54) is 0 Å². The summed E-state index contributed by atoms with van der Waals surface area (Å²) >= 11 is 0. The second-order valence-corrected chi connectivity index (χ2v) is 3.79. The van der Waals surface area contributed by atoms with Crippen LogP contribution < -0.4 is 4.74 Å². The first kappa shape index (κ1) is 10.8. The van der Waals surface area contributed by atoms with Crippen molar-refractivity contribution >= 4 is 10.8 Å². The number of ether oxygens (including phenoxy) is 1. The third kappa shape index (κ3) is 2.09. The van der Waals surface area contributed by atoms with E-state index in [1.807, 2.05) is 24.3 Å². The Labute approximate surface area is 93.9 Å². The molecule has 84 valence electrons. The minimum Gasteiger partial charge on any atom is -0.507 e. The van der Waals surface area contributed by atoms with E-state index < -0.39 is 6.10 Å². The van der Waals surface area contributed by atoms with Crippen molar-refractivity contribution in [2.75, 3.05) is 6.61 Å². The molecule has 1 atom stereocenters. The van der Waals surface area contributed by atoms with Crippen LogP contribution in [0.4, 0.5) is 0 Å². The molecular weight excluding hydrogens is 204 g/mol. The number of benzene rings is 2. The van der Waals surface area contributed by atoms with Crippen molar-refractivity contribution in [3.05, 3.63) is 36.4 Å². The average Bonchev–Trinajstić information content (AvgIpc) is 2.28. The molecule has 3 nitrogen and oxygen atoms in total. The van der Waals surface area contributed by atoms with E-state index in [4.69, 9.17) is 9.84 Å². The van der Waals surface area contributed by atoms with E-state index in [-0.39, 0.29) is 12.4 Å². The van der Waals surface area contributed by atoms with E-state index in [9.17, 15) is 5.11 Å².